The van der Waals surface area contributed by atoms with E-state index in [9.17, 15) is 4.39 Å². The summed E-state index contributed by atoms with van der Waals surface area (Å²) < 4.78 is 13.9. The second kappa shape index (κ2) is 5.09. The topological polar surface area (TPSA) is 26.0 Å². The largest absolute Gasteiger partial charge is 0.320 e. The van der Waals surface area contributed by atoms with Crippen molar-refractivity contribution < 1.29 is 4.39 Å². The summed E-state index contributed by atoms with van der Waals surface area (Å²) in [5.41, 5.74) is 9.81. The van der Waals surface area contributed by atoms with Crippen LogP contribution in [0.3, 0.4) is 0 Å². The first-order valence-corrected chi connectivity index (χ1v) is 6.15. The van der Waals surface area contributed by atoms with Gasteiger partial charge in [-0.1, -0.05) is 35.9 Å². The molecule has 0 saturated carbocycles. The summed E-state index contributed by atoms with van der Waals surface area (Å²) in [5.74, 6) is -0.365. The average Bonchev–Trinajstić information content (AvgIpc) is 2.32. The first-order valence-electron chi connectivity index (χ1n) is 5.77. The van der Waals surface area contributed by atoms with Crippen molar-refractivity contribution in [2.45, 2.75) is 19.9 Å². The molecule has 0 fully saturated rings. The van der Waals surface area contributed by atoms with Gasteiger partial charge in [0.2, 0.25) is 0 Å². The van der Waals surface area contributed by atoms with Crippen molar-refractivity contribution in [2.75, 3.05) is 0 Å². The number of hydrogen-bond acceptors (Lipinski definition) is 1. The molecule has 2 N–H and O–H groups in total. The normalized spacial score (nSPS) is 12.5. The van der Waals surface area contributed by atoms with Crippen molar-refractivity contribution >= 4 is 11.6 Å². The van der Waals surface area contributed by atoms with Gasteiger partial charge in [0.25, 0.3) is 0 Å². The molecular weight excluding hydrogens is 249 g/mol. The summed E-state index contributed by atoms with van der Waals surface area (Å²) in [5, 5.41) is 0.379. The molecule has 0 bridgehead atoms. The first kappa shape index (κ1) is 13.1. The zero-order chi connectivity index (χ0) is 13.3. The molecule has 0 heterocycles. The number of hydrogen-bond donors (Lipinski definition) is 1. The zero-order valence-corrected chi connectivity index (χ0v) is 11.1. The fraction of sp³-hybridized carbons (Fsp3) is 0.200. The van der Waals surface area contributed by atoms with Crippen LogP contribution in [0.15, 0.2) is 36.4 Å². The van der Waals surface area contributed by atoms with Crippen LogP contribution < -0.4 is 5.73 Å². The van der Waals surface area contributed by atoms with Crippen molar-refractivity contribution in [3.63, 3.8) is 0 Å². The predicted molar refractivity (Wildman–Crippen MR) is 73.4 cm³/mol. The Labute approximate surface area is 111 Å². The fourth-order valence-electron chi connectivity index (χ4n) is 2.03. The Morgan fingerprint density at radius 2 is 1.83 bits per heavy atom. The van der Waals surface area contributed by atoms with Crippen LogP contribution >= 0.6 is 11.6 Å². The molecule has 2 aromatic carbocycles. The molecule has 0 aromatic heterocycles. The third-order valence-electron chi connectivity index (χ3n) is 3.28. The lowest BCUT2D eigenvalue weighted by molar-refractivity contribution is 0.599. The molecular formula is C15H15ClFN. The van der Waals surface area contributed by atoms with E-state index < -0.39 is 6.04 Å². The molecule has 2 aromatic rings. The molecule has 94 valence electrons. The zero-order valence-electron chi connectivity index (χ0n) is 10.4. The minimum atomic E-state index is -0.470. The van der Waals surface area contributed by atoms with Gasteiger partial charge >= 0.3 is 0 Å². The highest BCUT2D eigenvalue weighted by atomic mass is 35.5. The quantitative estimate of drug-likeness (QED) is 0.866. The Balaban J connectivity index is 2.48. The third kappa shape index (κ3) is 2.40. The molecule has 0 radical (unpaired) electrons. The van der Waals surface area contributed by atoms with Gasteiger partial charge in [-0.05, 0) is 42.7 Å². The van der Waals surface area contributed by atoms with Crippen molar-refractivity contribution in [1.29, 1.82) is 0 Å². The fourth-order valence-corrected chi connectivity index (χ4v) is 2.19. The third-order valence-corrected chi connectivity index (χ3v) is 3.51. The molecule has 2 rings (SSSR count). The van der Waals surface area contributed by atoms with Gasteiger partial charge in [-0.15, -0.1) is 0 Å². The van der Waals surface area contributed by atoms with Crippen LogP contribution in [0.1, 0.15) is 28.3 Å². The Bertz CT molecular complexity index is 581. The van der Waals surface area contributed by atoms with Crippen LogP contribution in [0.5, 0.6) is 0 Å². The van der Waals surface area contributed by atoms with Crippen LogP contribution in [0.25, 0.3) is 0 Å². The lowest BCUT2D eigenvalue weighted by atomic mass is 9.93. The Morgan fingerprint density at radius 1 is 1.11 bits per heavy atom. The SMILES string of the molecule is Cc1cccc(C(N)c2ccc(Cl)cc2F)c1C. The number of halogens is 2. The van der Waals surface area contributed by atoms with Gasteiger partial charge in [0.15, 0.2) is 0 Å². The van der Waals surface area contributed by atoms with Crippen molar-refractivity contribution in [3.8, 4) is 0 Å². The van der Waals surface area contributed by atoms with Crippen LogP contribution in [0.2, 0.25) is 5.02 Å². The summed E-state index contributed by atoms with van der Waals surface area (Å²) in [6.07, 6.45) is 0. The molecule has 0 aliphatic rings. The van der Waals surface area contributed by atoms with E-state index in [1.165, 1.54) is 6.07 Å². The molecule has 1 atom stereocenters. The second-order valence-electron chi connectivity index (χ2n) is 4.43. The summed E-state index contributed by atoms with van der Waals surface area (Å²) in [6.45, 7) is 4.02. The minimum absolute atomic E-state index is 0.365. The Hall–Kier alpha value is -1.38. The molecule has 3 heteroatoms. The number of nitrogens with two attached hydrogens (primary N) is 1. The van der Waals surface area contributed by atoms with Gasteiger partial charge < -0.3 is 5.73 Å². The molecule has 18 heavy (non-hydrogen) atoms. The monoisotopic (exact) mass is 263 g/mol. The van der Waals surface area contributed by atoms with Crippen LogP contribution in [0, 0.1) is 19.7 Å². The number of benzene rings is 2. The van der Waals surface area contributed by atoms with Crippen LogP contribution in [0.4, 0.5) is 4.39 Å². The highest BCUT2D eigenvalue weighted by Crippen LogP contribution is 2.27. The Morgan fingerprint density at radius 3 is 2.50 bits per heavy atom. The van der Waals surface area contributed by atoms with E-state index in [1.54, 1.807) is 12.1 Å². The average molecular weight is 264 g/mol. The summed E-state index contributed by atoms with van der Waals surface area (Å²) in [7, 11) is 0. The van der Waals surface area contributed by atoms with Gasteiger partial charge in [-0.25, -0.2) is 4.39 Å². The first-order chi connectivity index (χ1) is 8.50. The van der Waals surface area contributed by atoms with E-state index in [0.717, 1.165) is 16.7 Å². The smallest absolute Gasteiger partial charge is 0.129 e. The van der Waals surface area contributed by atoms with E-state index in [1.807, 2.05) is 32.0 Å². The van der Waals surface area contributed by atoms with Gasteiger partial charge in [0.05, 0.1) is 6.04 Å². The van der Waals surface area contributed by atoms with Crippen molar-refractivity contribution in [2.24, 2.45) is 5.73 Å². The van der Waals surface area contributed by atoms with Gasteiger partial charge in [0, 0.05) is 10.6 Å². The summed E-state index contributed by atoms with van der Waals surface area (Å²) >= 11 is 5.74. The lowest BCUT2D eigenvalue weighted by Crippen LogP contribution is -2.15. The van der Waals surface area contributed by atoms with Gasteiger partial charge in [-0.2, -0.15) is 0 Å². The lowest BCUT2D eigenvalue weighted by Gasteiger charge is -2.17. The van der Waals surface area contributed by atoms with Gasteiger partial charge in [-0.3, -0.25) is 0 Å². The van der Waals surface area contributed by atoms with E-state index in [0.29, 0.717) is 10.6 Å². The summed E-state index contributed by atoms with van der Waals surface area (Å²) in [6, 6.07) is 10.0. The highest BCUT2D eigenvalue weighted by Gasteiger charge is 2.16. The molecule has 0 aliphatic carbocycles. The molecule has 0 amide bonds. The van der Waals surface area contributed by atoms with Crippen LogP contribution in [-0.4, -0.2) is 0 Å². The molecule has 1 unspecified atom stereocenters. The molecule has 0 saturated heterocycles. The van der Waals surface area contributed by atoms with E-state index >= 15 is 0 Å². The standard InChI is InChI=1S/C15H15ClFN/c1-9-4-3-5-12(10(9)2)15(18)13-7-6-11(16)8-14(13)17/h3-8,15H,18H2,1-2H3. The predicted octanol–water partition coefficient (Wildman–Crippen LogP) is 4.14. The molecule has 1 nitrogen and oxygen atoms in total. The van der Waals surface area contributed by atoms with Crippen molar-refractivity contribution in [1.82, 2.24) is 0 Å². The second-order valence-corrected chi connectivity index (χ2v) is 4.87. The Kier molecular flexibility index (Phi) is 3.69. The maximum absolute atomic E-state index is 13.9. The number of aryl methyl sites for hydroxylation is 1. The van der Waals surface area contributed by atoms with Gasteiger partial charge in [0.1, 0.15) is 5.82 Å². The maximum Gasteiger partial charge on any atom is 0.129 e. The molecule has 0 spiro atoms. The number of rotatable bonds is 2. The van der Waals surface area contributed by atoms with Crippen LogP contribution in [-0.2, 0) is 0 Å². The highest BCUT2D eigenvalue weighted by molar-refractivity contribution is 6.30. The maximum atomic E-state index is 13.9. The van der Waals surface area contributed by atoms with E-state index in [2.05, 4.69) is 0 Å². The molecule has 0 aliphatic heterocycles. The van der Waals surface area contributed by atoms with Crippen molar-refractivity contribution in [3.05, 3.63) is 69.5 Å². The van der Waals surface area contributed by atoms with E-state index in [-0.39, 0.29) is 5.82 Å². The summed E-state index contributed by atoms with van der Waals surface area (Å²) in [4.78, 5) is 0. The minimum Gasteiger partial charge on any atom is -0.320 e. The van der Waals surface area contributed by atoms with E-state index in [4.69, 9.17) is 17.3 Å².